The topological polar surface area (TPSA) is 78.5 Å². The first kappa shape index (κ1) is 16.4. The molecule has 24 heavy (non-hydrogen) atoms. The number of nitrogens with one attached hydrogen (secondary N) is 2. The van der Waals surface area contributed by atoms with Crippen molar-refractivity contribution in [3.63, 3.8) is 0 Å². The normalized spacial score (nSPS) is 21.5. The molecule has 0 aliphatic carbocycles. The van der Waals surface area contributed by atoms with Gasteiger partial charge in [-0.15, -0.1) is 0 Å². The SMILES string of the molecule is O=C1CCC(C(=O)NC2CCN(C(=O)c3ccc(F)cc3)CC2)N1. The van der Waals surface area contributed by atoms with Gasteiger partial charge in [-0.25, -0.2) is 4.39 Å². The minimum Gasteiger partial charge on any atom is -0.351 e. The molecule has 3 amide bonds. The Bertz CT molecular complexity index is 639. The molecule has 2 fully saturated rings. The van der Waals surface area contributed by atoms with E-state index in [2.05, 4.69) is 10.6 Å². The van der Waals surface area contributed by atoms with Gasteiger partial charge >= 0.3 is 0 Å². The molecule has 2 aliphatic rings. The number of amides is 3. The third kappa shape index (κ3) is 3.72. The molecule has 1 aromatic rings. The predicted octanol–water partition coefficient (Wildman–Crippen LogP) is 0.825. The van der Waals surface area contributed by atoms with Crippen LogP contribution in [-0.2, 0) is 9.59 Å². The van der Waals surface area contributed by atoms with E-state index in [1.165, 1.54) is 24.3 Å². The highest BCUT2D eigenvalue weighted by atomic mass is 19.1. The van der Waals surface area contributed by atoms with E-state index >= 15 is 0 Å². The zero-order chi connectivity index (χ0) is 17.1. The Hall–Kier alpha value is -2.44. The van der Waals surface area contributed by atoms with Gasteiger partial charge in [-0.1, -0.05) is 0 Å². The van der Waals surface area contributed by atoms with Gasteiger partial charge in [-0.05, 0) is 43.5 Å². The van der Waals surface area contributed by atoms with Gasteiger partial charge in [0.05, 0.1) is 0 Å². The third-order valence-electron chi connectivity index (χ3n) is 4.53. The van der Waals surface area contributed by atoms with Crippen molar-refractivity contribution >= 4 is 17.7 Å². The van der Waals surface area contributed by atoms with Crippen molar-refractivity contribution < 1.29 is 18.8 Å². The van der Waals surface area contributed by atoms with Crippen molar-refractivity contribution in [2.24, 2.45) is 0 Å². The Morgan fingerprint density at radius 1 is 1.12 bits per heavy atom. The number of piperidine rings is 1. The molecule has 3 rings (SSSR count). The highest BCUT2D eigenvalue weighted by Crippen LogP contribution is 2.15. The average molecular weight is 333 g/mol. The van der Waals surface area contributed by atoms with Gasteiger partial charge in [0.1, 0.15) is 11.9 Å². The lowest BCUT2D eigenvalue weighted by Crippen LogP contribution is -2.50. The summed E-state index contributed by atoms with van der Waals surface area (Å²) in [5.41, 5.74) is 0.465. The Labute approximate surface area is 139 Å². The lowest BCUT2D eigenvalue weighted by molar-refractivity contribution is -0.126. The van der Waals surface area contributed by atoms with Crippen molar-refractivity contribution in [3.05, 3.63) is 35.6 Å². The summed E-state index contributed by atoms with van der Waals surface area (Å²) >= 11 is 0. The van der Waals surface area contributed by atoms with Gasteiger partial charge in [0, 0.05) is 31.1 Å². The number of carbonyl (C=O) groups is 3. The van der Waals surface area contributed by atoms with Gasteiger partial charge in [0.2, 0.25) is 11.8 Å². The lowest BCUT2D eigenvalue weighted by atomic mass is 10.0. The second-order valence-corrected chi connectivity index (χ2v) is 6.24. The van der Waals surface area contributed by atoms with Crippen molar-refractivity contribution in [3.8, 4) is 0 Å². The number of hydrogen-bond donors (Lipinski definition) is 2. The van der Waals surface area contributed by atoms with Gasteiger partial charge in [0.25, 0.3) is 5.91 Å². The second kappa shape index (κ2) is 6.98. The molecule has 2 aliphatic heterocycles. The van der Waals surface area contributed by atoms with Crippen LogP contribution in [0.2, 0.25) is 0 Å². The van der Waals surface area contributed by atoms with Crippen LogP contribution in [0.3, 0.4) is 0 Å². The molecule has 1 unspecified atom stereocenters. The molecule has 0 saturated carbocycles. The molecule has 2 heterocycles. The molecule has 0 bridgehead atoms. The summed E-state index contributed by atoms with van der Waals surface area (Å²) < 4.78 is 12.9. The summed E-state index contributed by atoms with van der Waals surface area (Å²) in [4.78, 5) is 37.3. The smallest absolute Gasteiger partial charge is 0.253 e. The van der Waals surface area contributed by atoms with Crippen LogP contribution in [0, 0.1) is 5.82 Å². The first-order valence-corrected chi connectivity index (χ1v) is 8.17. The number of benzene rings is 1. The van der Waals surface area contributed by atoms with E-state index in [1.807, 2.05) is 0 Å². The first-order valence-electron chi connectivity index (χ1n) is 8.17. The summed E-state index contributed by atoms with van der Waals surface area (Å²) in [5.74, 6) is -0.728. The maximum absolute atomic E-state index is 12.9. The number of nitrogens with zero attached hydrogens (tertiary/aromatic N) is 1. The maximum atomic E-state index is 12.9. The quantitative estimate of drug-likeness (QED) is 0.860. The number of rotatable bonds is 3. The Morgan fingerprint density at radius 2 is 1.79 bits per heavy atom. The third-order valence-corrected chi connectivity index (χ3v) is 4.53. The van der Waals surface area contributed by atoms with Crippen LogP contribution in [0.25, 0.3) is 0 Å². The second-order valence-electron chi connectivity index (χ2n) is 6.24. The molecule has 1 atom stereocenters. The van der Waals surface area contributed by atoms with Crippen LogP contribution >= 0.6 is 0 Å². The van der Waals surface area contributed by atoms with Crippen LogP contribution in [0.4, 0.5) is 4.39 Å². The molecule has 2 saturated heterocycles. The molecule has 0 aromatic heterocycles. The molecular formula is C17H20FN3O3. The summed E-state index contributed by atoms with van der Waals surface area (Å²) in [6.45, 7) is 1.08. The first-order chi connectivity index (χ1) is 11.5. The van der Waals surface area contributed by atoms with E-state index in [9.17, 15) is 18.8 Å². The van der Waals surface area contributed by atoms with Crippen molar-refractivity contribution in [1.82, 2.24) is 15.5 Å². The monoisotopic (exact) mass is 333 g/mol. The standard InChI is InChI=1S/C17H20FN3O3/c18-12-3-1-11(2-4-12)17(24)21-9-7-13(8-10-21)19-16(23)14-5-6-15(22)20-14/h1-4,13-14H,5-10H2,(H,19,23)(H,20,22). The van der Waals surface area contributed by atoms with E-state index < -0.39 is 6.04 Å². The fourth-order valence-corrected chi connectivity index (χ4v) is 3.11. The van der Waals surface area contributed by atoms with Crippen molar-refractivity contribution in [2.45, 2.75) is 37.8 Å². The molecule has 0 spiro atoms. The molecule has 2 N–H and O–H groups in total. The number of carbonyl (C=O) groups excluding carboxylic acids is 3. The van der Waals surface area contributed by atoms with Gasteiger partial charge in [-0.3, -0.25) is 14.4 Å². The van der Waals surface area contributed by atoms with E-state index in [0.717, 1.165) is 0 Å². The zero-order valence-electron chi connectivity index (χ0n) is 13.3. The molecule has 0 radical (unpaired) electrons. The molecule has 128 valence electrons. The van der Waals surface area contributed by atoms with Crippen molar-refractivity contribution in [2.75, 3.05) is 13.1 Å². The fourth-order valence-electron chi connectivity index (χ4n) is 3.11. The van der Waals surface area contributed by atoms with Gasteiger partial charge in [0.15, 0.2) is 0 Å². The summed E-state index contributed by atoms with van der Waals surface area (Å²) in [5, 5.41) is 5.60. The van der Waals surface area contributed by atoms with E-state index in [1.54, 1.807) is 4.90 Å². The van der Waals surface area contributed by atoms with Crippen LogP contribution < -0.4 is 10.6 Å². The van der Waals surface area contributed by atoms with E-state index in [-0.39, 0.29) is 29.6 Å². The van der Waals surface area contributed by atoms with E-state index in [0.29, 0.717) is 44.3 Å². The largest absolute Gasteiger partial charge is 0.351 e. The molecular weight excluding hydrogens is 313 g/mol. The van der Waals surface area contributed by atoms with Gasteiger partial charge < -0.3 is 15.5 Å². The van der Waals surface area contributed by atoms with Gasteiger partial charge in [-0.2, -0.15) is 0 Å². The number of likely N-dealkylation sites (tertiary alicyclic amines) is 1. The summed E-state index contributed by atoms with van der Waals surface area (Å²) in [6, 6.07) is 5.08. The maximum Gasteiger partial charge on any atom is 0.253 e. The zero-order valence-corrected chi connectivity index (χ0v) is 13.3. The van der Waals surface area contributed by atoms with E-state index in [4.69, 9.17) is 0 Å². The van der Waals surface area contributed by atoms with Crippen LogP contribution in [-0.4, -0.2) is 47.8 Å². The summed E-state index contributed by atoms with van der Waals surface area (Å²) in [6.07, 6.45) is 2.26. The highest BCUT2D eigenvalue weighted by molar-refractivity contribution is 5.94. The van der Waals surface area contributed by atoms with Crippen molar-refractivity contribution in [1.29, 1.82) is 0 Å². The Kier molecular flexibility index (Phi) is 4.78. The molecule has 1 aromatic carbocycles. The highest BCUT2D eigenvalue weighted by Gasteiger charge is 2.30. The van der Waals surface area contributed by atoms with Crippen LogP contribution in [0.5, 0.6) is 0 Å². The fraction of sp³-hybridized carbons (Fsp3) is 0.471. The Balaban J connectivity index is 1.48. The van der Waals surface area contributed by atoms with Crippen LogP contribution in [0.15, 0.2) is 24.3 Å². The minimum absolute atomic E-state index is 0.00673. The lowest BCUT2D eigenvalue weighted by Gasteiger charge is -2.33. The van der Waals surface area contributed by atoms with Crippen LogP contribution in [0.1, 0.15) is 36.0 Å². The Morgan fingerprint density at radius 3 is 2.38 bits per heavy atom. The summed E-state index contributed by atoms with van der Waals surface area (Å²) in [7, 11) is 0. The molecule has 6 nitrogen and oxygen atoms in total. The molecule has 7 heteroatoms. The number of halogens is 1. The average Bonchev–Trinajstić information content (AvgIpc) is 3.02. The number of hydrogen-bond acceptors (Lipinski definition) is 3. The predicted molar refractivity (Wildman–Crippen MR) is 84.6 cm³/mol. The minimum atomic E-state index is -0.434.